The molecule has 1 amide bonds. The van der Waals surface area contributed by atoms with Crippen LogP contribution in [-0.2, 0) is 7.05 Å². The van der Waals surface area contributed by atoms with Crippen LogP contribution in [0.5, 0.6) is 0 Å². The molecule has 0 radical (unpaired) electrons. The molecule has 23 heavy (non-hydrogen) atoms. The lowest BCUT2D eigenvalue weighted by atomic mass is 10.0. The summed E-state index contributed by atoms with van der Waals surface area (Å²) in [6.07, 6.45) is 3.52. The van der Waals surface area contributed by atoms with Crippen LogP contribution in [0.15, 0.2) is 23.1 Å². The predicted molar refractivity (Wildman–Crippen MR) is 85.4 cm³/mol. The van der Waals surface area contributed by atoms with Crippen molar-refractivity contribution in [3.63, 3.8) is 0 Å². The Morgan fingerprint density at radius 1 is 1.35 bits per heavy atom. The Bertz CT molecular complexity index is 792. The third-order valence-corrected chi connectivity index (χ3v) is 4.29. The fourth-order valence-corrected chi connectivity index (χ4v) is 3.08. The predicted octanol–water partition coefficient (Wildman–Crippen LogP) is 1.07. The van der Waals surface area contributed by atoms with Crippen LogP contribution in [0.4, 0.5) is 0 Å². The van der Waals surface area contributed by atoms with E-state index >= 15 is 0 Å². The minimum atomic E-state index is -0.174. The van der Waals surface area contributed by atoms with Crippen molar-refractivity contribution in [2.75, 3.05) is 13.1 Å². The molecule has 7 nitrogen and oxygen atoms in total. The summed E-state index contributed by atoms with van der Waals surface area (Å²) in [6.45, 7) is 5.10. The van der Waals surface area contributed by atoms with Gasteiger partial charge in [-0.05, 0) is 32.8 Å². The maximum absolute atomic E-state index is 12.7. The zero-order valence-electron chi connectivity index (χ0n) is 13.7. The molecule has 0 spiro atoms. The lowest BCUT2D eigenvalue weighted by Gasteiger charge is -2.33. The molecule has 2 aromatic heterocycles. The van der Waals surface area contributed by atoms with Gasteiger partial charge in [-0.3, -0.25) is 9.59 Å². The van der Waals surface area contributed by atoms with Gasteiger partial charge in [-0.25, -0.2) is 9.67 Å². The summed E-state index contributed by atoms with van der Waals surface area (Å²) in [4.78, 5) is 30.5. The molecule has 0 bridgehead atoms. The minimum Gasteiger partial charge on any atom is -0.336 e. The largest absolute Gasteiger partial charge is 0.336 e. The van der Waals surface area contributed by atoms with Gasteiger partial charge in [-0.15, -0.1) is 0 Å². The second kappa shape index (κ2) is 5.98. The highest BCUT2D eigenvalue weighted by molar-refractivity contribution is 5.94. The molecule has 7 heteroatoms. The lowest BCUT2D eigenvalue weighted by molar-refractivity contribution is 0.0671. The third kappa shape index (κ3) is 3.04. The van der Waals surface area contributed by atoms with E-state index < -0.39 is 0 Å². The Labute approximate surface area is 134 Å². The van der Waals surface area contributed by atoms with E-state index in [1.807, 2.05) is 18.5 Å². The van der Waals surface area contributed by atoms with Crippen molar-refractivity contribution in [3.8, 4) is 0 Å². The van der Waals surface area contributed by atoms with Gasteiger partial charge < -0.3 is 9.47 Å². The Morgan fingerprint density at radius 3 is 2.78 bits per heavy atom. The summed E-state index contributed by atoms with van der Waals surface area (Å²) >= 11 is 0. The number of hydrogen-bond donors (Lipinski definition) is 0. The van der Waals surface area contributed by atoms with Crippen molar-refractivity contribution >= 4 is 5.91 Å². The lowest BCUT2D eigenvalue weighted by Crippen LogP contribution is -2.41. The zero-order valence-corrected chi connectivity index (χ0v) is 13.7. The normalized spacial score (nSPS) is 18.2. The van der Waals surface area contributed by atoms with Gasteiger partial charge in [0.2, 0.25) is 0 Å². The Balaban J connectivity index is 1.80. The number of aryl methyl sites for hydroxylation is 3. The first-order valence-corrected chi connectivity index (χ1v) is 7.81. The van der Waals surface area contributed by atoms with Crippen LogP contribution in [0.3, 0.4) is 0 Å². The Kier molecular flexibility index (Phi) is 4.02. The van der Waals surface area contributed by atoms with Crippen LogP contribution >= 0.6 is 0 Å². The molecule has 1 saturated heterocycles. The van der Waals surface area contributed by atoms with Crippen molar-refractivity contribution in [2.45, 2.75) is 32.7 Å². The number of nitrogens with zero attached hydrogens (tertiary/aromatic N) is 5. The maximum Gasteiger partial charge on any atom is 0.254 e. The topological polar surface area (TPSA) is 73.0 Å². The van der Waals surface area contributed by atoms with E-state index in [0.29, 0.717) is 18.7 Å². The van der Waals surface area contributed by atoms with E-state index in [-0.39, 0.29) is 17.5 Å². The molecular formula is C16H21N5O2. The molecule has 122 valence electrons. The van der Waals surface area contributed by atoms with Crippen molar-refractivity contribution < 1.29 is 4.79 Å². The van der Waals surface area contributed by atoms with Crippen molar-refractivity contribution in [2.24, 2.45) is 7.05 Å². The summed E-state index contributed by atoms with van der Waals surface area (Å²) in [5, 5.41) is 4.44. The number of piperidine rings is 1. The SMILES string of the molecule is Cc1nc(C)n([C@H]2CCCN(C(=O)c3ccn(C)c(=O)c3)C2)n1. The zero-order chi connectivity index (χ0) is 16.6. The molecule has 0 saturated carbocycles. The third-order valence-electron chi connectivity index (χ3n) is 4.29. The second-order valence-corrected chi connectivity index (χ2v) is 6.06. The number of likely N-dealkylation sites (tertiary alicyclic amines) is 1. The molecule has 1 atom stereocenters. The van der Waals surface area contributed by atoms with Crippen molar-refractivity contribution in [1.82, 2.24) is 24.2 Å². The highest BCUT2D eigenvalue weighted by Gasteiger charge is 2.27. The van der Waals surface area contributed by atoms with E-state index in [4.69, 9.17) is 0 Å². The van der Waals surface area contributed by atoms with E-state index in [1.54, 1.807) is 24.2 Å². The van der Waals surface area contributed by atoms with Crippen LogP contribution in [0.1, 0.15) is 40.9 Å². The molecule has 0 aromatic carbocycles. The second-order valence-electron chi connectivity index (χ2n) is 6.06. The van der Waals surface area contributed by atoms with Gasteiger partial charge in [0.05, 0.1) is 6.04 Å². The molecule has 0 N–H and O–H groups in total. The molecule has 3 rings (SSSR count). The standard InChI is InChI=1S/C16H21N5O2/c1-11-17-12(2)21(18-11)14-5-4-7-20(10-14)16(23)13-6-8-19(3)15(22)9-13/h6,8-9,14H,4-5,7,10H2,1-3H3/t14-/m0/s1. The Hall–Kier alpha value is -2.44. The summed E-state index contributed by atoms with van der Waals surface area (Å²) < 4.78 is 3.37. The van der Waals surface area contributed by atoms with Crippen molar-refractivity contribution in [1.29, 1.82) is 0 Å². The number of aromatic nitrogens is 4. The van der Waals surface area contributed by atoms with Crippen molar-refractivity contribution in [3.05, 3.63) is 45.9 Å². The number of carbonyl (C=O) groups excluding carboxylic acids is 1. The molecule has 0 unspecified atom stereocenters. The highest BCUT2D eigenvalue weighted by Crippen LogP contribution is 2.23. The van der Waals surface area contributed by atoms with Gasteiger partial charge in [-0.2, -0.15) is 5.10 Å². The fourth-order valence-electron chi connectivity index (χ4n) is 3.08. The molecule has 1 aliphatic heterocycles. The quantitative estimate of drug-likeness (QED) is 0.831. The van der Waals surface area contributed by atoms with E-state index in [2.05, 4.69) is 10.1 Å². The smallest absolute Gasteiger partial charge is 0.254 e. The number of carbonyl (C=O) groups is 1. The first-order valence-electron chi connectivity index (χ1n) is 7.81. The Morgan fingerprint density at radius 2 is 2.13 bits per heavy atom. The number of pyridine rings is 1. The number of hydrogen-bond acceptors (Lipinski definition) is 4. The average molecular weight is 315 g/mol. The molecule has 1 fully saturated rings. The molecule has 2 aromatic rings. The van der Waals surface area contributed by atoms with Crippen LogP contribution < -0.4 is 5.56 Å². The van der Waals surface area contributed by atoms with Gasteiger partial charge in [0.25, 0.3) is 11.5 Å². The first kappa shape index (κ1) is 15.5. The first-order chi connectivity index (χ1) is 11.0. The van der Waals surface area contributed by atoms with Gasteiger partial charge in [-0.1, -0.05) is 0 Å². The van der Waals surface area contributed by atoms with Gasteiger partial charge >= 0.3 is 0 Å². The highest BCUT2D eigenvalue weighted by atomic mass is 16.2. The molecule has 1 aliphatic rings. The van der Waals surface area contributed by atoms with E-state index in [0.717, 1.165) is 24.5 Å². The maximum atomic E-state index is 12.7. The van der Waals surface area contributed by atoms with E-state index in [9.17, 15) is 9.59 Å². The summed E-state index contributed by atoms with van der Waals surface area (Å²) in [7, 11) is 1.67. The molecule has 0 aliphatic carbocycles. The monoisotopic (exact) mass is 315 g/mol. The molecular weight excluding hydrogens is 294 g/mol. The van der Waals surface area contributed by atoms with Gasteiger partial charge in [0.1, 0.15) is 11.6 Å². The van der Waals surface area contributed by atoms with E-state index in [1.165, 1.54) is 10.6 Å². The van der Waals surface area contributed by atoms with Crippen LogP contribution in [0.25, 0.3) is 0 Å². The van der Waals surface area contributed by atoms with Gasteiger partial charge in [0, 0.05) is 38.0 Å². The van der Waals surface area contributed by atoms with Crippen LogP contribution in [-0.4, -0.2) is 43.2 Å². The number of amides is 1. The summed E-state index contributed by atoms with van der Waals surface area (Å²) in [6, 6.07) is 3.23. The molecule has 3 heterocycles. The fraction of sp³-hybridized carbons (Fsp3) is 0.500. The van der Waals surface area contributed by atoms with Gasteiger partial charge in [0.15, 0.2) is 0 Å². The van der Waals surface area contributed by atoms with Crippen LogP contribution in [0, 0.1) is 13.8 Å². The minimum absolute atomic E-state index is 0.0955. The number of rotatable bonds is 2. The average Bonchev–Trinajstić information content (AvgIpc) is 2.88. The summed E-state index contributed by atoms with van der Waals surface area (Å²) in [5.41, 5.74) is 0.271. The van der Waals surface area contributed by atoms with Crippen LogP contribution in [0.2, 0.25) is 0 Å². The summed E-state index contributed by atoms with van der Waals surface area (Å²) in [5.74, 6) is 1.52.